The first-order valence-electron chi connectivity index (χ1n) is 5.38. The van der Waals surface area contributed by atoms with Crippen LogP contribution in [0.2, 0.25) is 0 Å². The van der Waals surface area contributed by atoms with Crippen molar-refractivity contribution in [1.29, 1.82) is 0 Å². The van der Waals surface area contributed by atoms with Gasteiger partial charge in [0.05, 0.1) is 11.9 Å². The first-order valence-corrected chi connectivity index (χ1v) is 6.53. The molecule has 0 saturated heterocycles. The summed E-state index contributed by atoms with van der Waals surface area (Å²) < 4.78 is 5.16. The van der Waals surface area contributed by atoms with Crippen molar-refractivity contribution in [3.63, 3.8) is 0 Å². The molecule has 1 aliphatic rings. The van der Waals surface area contributed by atoms with Crippen LogP contribution in [0.3, 0.4) is 0 Å². The summed E-state index contributed by atoms with van der Waals surface area (Å²) in [5, 5.41) is 13.1. The average Bonchev–Trinajstić information content (AvgIpc) is 2.62. The molecule has 1 N–H and O–H groups in total. The van der Waals surface area contributed by atoms with E-state index >= 15 is 0 Å². The fourth-order valence-electron chi connectivity index (χ4n) is 1.59. The summed E-state index contributed by atoms with van der Waals surface area (Å²) in [6.07, 6.45) is 2.54. The highest BCUT2D eigenvalue weighted by Gasteiger charge is 2.32. The van der Waals surface area contributed by atoms with E-state index in [1.807, 2.05) is 11.8 Å². The molecule has 4 nitrogen and oxygen atoms in total. The van der Waals surface area contributed by atoms with Crippen LogP contribution in [0, 0.1) is 0 Å². The van der Waals surface area contributed by atoms with Gasteiger partial charge in [-0.3, -0.25) is 0 Å². The molecular formula is C10H16N2O2S. The van der Waals surface area contributed by atoms with Gasteiger partial charge in [-0.15, -0.1) is 0 Å². The Labute approximate surface area is 93.4 Å². The molecule has 0 bridgehead atoms. The number of hydrogen-bond donors (Lipinski definition) is 1. The van der Waals surface area contributed by atoms with Crippen molar-refractivity contribution in [3.05, 3.63) is 11.7 Å². The third kappa shape index (κ3) is 2.72. The Bertz CT molecular complexity index is 310. The van der Waals surface area contributed by atoms with Crippen molar-refractivity contribution in [3.8, 4) is 0 Å². The van der Waals surface area contributed by atoms with Crippen molar-refractivity contribution in [2.45, 2.75) is 44.0 Å². The largest absolute Gasteiger partial charge is 0.393 e. The molecule has 1 aromatic heterocycles. The maximum absolute atomic E-state index is 9.17. The summed E-state index contributed by atoms with van der Waals surface area (Å²) in [7, 11) is 0. The summed E-state index contributed by atoms with van der Waals surface area (Å²) >= 11 is 1.82. The molecular weight excluding hydrogens is 212 g/mol. The predicted octanol–water partition coefficient (Wildman–Crippen LogP) is 1.95. The molecule has 1 heterocycles. The third-order valence-electron chi connectivity index (χ3n) is 2.53. The Hall–Kier alpha value is -0.550. The van der Waals surface area contributed by atoms with E-state index in [-0.39, 0.29) is 12.0 Å². The van der Waals surface area contributed by atoms with Gasteiger partial charge in [0, 0.05) is 5.92 Å². The SMILES string of the molecule is CCCSCc1noc(C2CC(O)C2)n1. The Kier molecular flexibility index (Phi) is 3.64. The second kappa shape index (κ2) is 4.99. The fraction of sp³-hybridized carbons (Fsp3) is 0.800. The molecule has 1 fully saturated rings. The standard InChI is InChI=1S/C10H16N2O2S/c1-2-3-15-6-9-11-10(14-12-9)7-4-8(13)5-7/h7-8,13H,2-6H2,1H3. The summed E-state index contributed by atoms with van der Waals surface area (Å²) in [5.41, 5.74) is 0. The van der Waals surface area contributed by atoms with Gasteiger partial charge in [0.15, 0.2) is 5.82 Å². The minimum absolute atomic E-state index is 0.167. The number of aliphatic hydroxyl groups is 1. The van der Waals surface area contributed by atoms with Gasteiger partial charge in [-0.2, -0.15) is 16.7 Å². The van der Waals surface area contributed by atoms with Crippen LogP contribution in [-0.2, 0) is 5.75 Å². The van der Waals surface area contributed by atoms with Crippen LogP contribution < -0.4 is 0 Å². The number of thioether (sulfide) groups is 1. The number of rotatable bonds is 5. The van der Waals surface area contributed by atoms with E-state index in [0.717, 1.165) is 30.2 Å². The zero-order chi connectivity index (χ0) is 10.7. The Balaban J connectivity index is 1.82. The monoisotopic (exact) mass is 228 g/mol. The van der Waals surface area contributed by atoms with E-state index in [9.17, 15) is 0 Å². The summed E-state index contributed by atoms with van der Waals surface area (Å²) in [5.74, 6) is 3.73. The summed E-state index contributed by atoms with van der Waals surface area (Å²) in [6, 6.07) is 0. The van der Waals surface area contributed by atoms with Crippen LogP contribution in [0.1, 0.15) is 43.8 Å². The third-order valence-corrected chi connectivity index (χ3v) is 3.69. The second-order valence-corrected chi connectivity index (χ2v) is 5.03. The molecule has 0 atom stereocenters. The highest BCUT2D eigenvalue weighted by Crippen LogP contribution is 2.35. The number of nitrogens with zero attached hydrogens (tertiary/aromatic N) is 2. The van der Waals surface area contributed by atoms with Crippen molar-refractivity contribution in [2.75, 3.05) is 5.75 Å². The minimum Gasteiger partial charge on any atom is -0.393 e. The van der Waals surface area contributed by atoms with E-state index in [1.165, 1.54) is 6.42 Å². The second-order valence-electron chi connectivity index (χ2n) is 3.92. The van der Waals surface area contributed by atoms with Crippen LogP contribution in [0.15, 0.2) is 4.52 Å². The van der Waals surface area contributed by atoms with Crippen LogP contribution in [-0.4, -0.2) is 27.1 Å². The normalized spacial score (nSPS) is 25.2. The summed E-state index contributed by atoms with van der Waals surface area (Å²) in [6.45, 7) is 2.16. The lowest BCUT2D eigenvalue weighted by Gasteiger charge is -2.27. The van der Waals surface area contributed by atoms with Crippen LogP contribution in [0.4, 0.5) is 0 Å². The molecule has 0 radical (unpaired) electrons. The first kappa shape index (κ1) is 11.0. The van der Waals surface area contributed by atoms with Gasteiger partial charge in [-0.25, -0.2) is 0 Å². The van der Waals surface area contributed by atoms with E-state index in [4.69, 9.17) is 9.63 Å². The smallest absolute Gasteiger partial charge is 0.229 e. The maximum Gasteiger partial charge on any atom is 0.229 e. The lowest BCUT2D eigenvalue weighted by atomic mass is 9.82. The van der Waals surface area contributed by atoms with Gasteiger partial charge in [0.1, 0.15) is 0 Å². The maximum atomic E-state index is 9.17. The fourth-order valence-corrected chi connectivity index (χ4v) is 2.32. The van der Waals surface area contributed by atoms with Crippen LogP contribution in [0.5, 0.6) is 0 Å². The van der Waals surface area contributed by atoms with Crippen molar-refractivity contribution in [2.24, 2.45) is 0 Å². The Morgan fingerprint density at radius 3 is 3.00 bits per heavy atom. The lowest BCUT2D eigenvalue weighted by Crippen LogP contribution is -2.26. The Morgan fingerprint density at radius 1 is 1.53 bits per heavy atom. The number of hydrogen-bond acceptors (Lipinski definition) is 5. The van der Waals surface area contributed by atoms with E-state index in [2.05, 4.69) is 17.1 Å². The summed E-state index contributed by atoms with van der Waals surface area (Å²) in [4.78, 5) is 4.33. The molecule has 0 aromatic carbocycles. The van der Waals surface area contributed by atoms with Crippen molar-refractivity contribution < 1.29 is 9.63 Å². The van der Waals surface area contributed by atoms with Crippen molar-refractivity contribution >= 4 is 11.8 Å². The van der Waals surface area contributed by atoms with Gasteiger partial charge in [0.2, 0.25) is 5.89 Å². The number of aromatic nitrogens is 2. The highest BCUT2D eigenvalue weighted by molar-refractivity contribution is 7.98. The van der Waals surface area contributed by atoms with Gasteiger partial charge in [-0.05, 0) is 25.0 Å². The van der Waals surface area contributed by atoms with Gasteiger partial charge < -0.3 is 9.63 Å². The highest BCUT2D eigenvalue weighted by atomic mass is 32.2. The molecule has 84 valence electrons. The van der Waals surface area contributed by atoms with Crippen LogP contribution >= 0.6 is 11.8 Å². The number of aliphatic hydroxyl groups excluding tert-OH is 1. The molecule has 0 amide bonds. The zero-order valence-electron chi connectivity index (χ0n) is 8.85. The molecule has 5 heteroatoms. The molecule has 0 aliphatic heterocycles. The molecule has 0 spiro atoms. The topological polar surface area (TPSA) is 59.2 Å². The van der Waals surface area contributed by atoms with E-state index < -0.39 is 0 Å². The van der Waals surface area contributed by atoms with Crippen LogP contribution in [0.25, 0.3) is 0 Å². The molecule has 1 aromatic rings. The molecule has 2 rings (SSSR count). The zero-order valence-corrected chi connectivity index (χ0v) is 9.66. The molecule has 1 aliphatic carbocycles. The molecule has 0 unspecified atom stereocenters. The predicted molar refractivity (Wildman–Crippen MR) is 58.7 cm³/mol. The minimum atomic E-state index is -0.167. The van der Waals surface area contributed by atoms with Gasteiger partial charge in [0.25, 0.3) is 0 Å². The molecule has 15 heavy (non-hydrogen) atoms. The average molecular weight is 228 g/mol. The van der Waals surface area contributed by atoms with E-state index in [0.29, 0.717) is 5.89 Å². The first-order chi connectivity index (χ1) is 7.29. The lowest BCUT2D eigenvalue weighted by molar-refractivity contribution is 0.0625. The van der Waals surface area contributed by atoms with Crippen molar-refractivity contribution in [1.82, 2.24) is 10.1 Å². The quantitative estimate of drug-likeness (QED) is 0.781. The van der Waals surface area contributed by atoms with Gasteiger partial charge in [-0.1, -0.05) is 12.1 Å². The van der Waals surface area contributed by atoms with Gasteiger partial charge >= 0.3 is 0 Å². The van der Waals surface area contributed by atoms with E-state index in [1.54, 1.807) is 0 Å². The molecule has 1 saturated carbocycles. The Morgan fingerprint density at radius 2 is 2.33 bits per heavy atom.